The molecule has 4 aliphatic rings. The van der Waals surface area contributed by atoms with Crippen LogP contribution in [-0.2, 0) is 15.0 Å². The Kier molecular flexibility index (Phi) is 3.95. The summed E-state index contributed by atoms with van der Waals surface area (Å²) in [5.41, 5.74) is 3.09. The quantitative estimate of drug-likeness (QED) is 0.382. The van der Waals surface area contributed by atoms with Gasteiger partial charge in [-0.25, -0.2) is 4.90 Å². The number of imide groups is 1. The van der Waals surface area contributed by atoms with Gasteiger partial charge < -0.3 is 5.11 Å². The van der Waals surface area contributed by atoms with Crippen molar-refractivity contribution in [3.05, 3.63) is 105 Å². The van der Waals surface area contributed by atoms with Crippen LogP contribution in [0.3, 0.4) is 0 Å². The van der Waals surface area contributed by atoms with Crippen LogP contribution in [0.2, 0.25) is 0 Å². The van der Waals surface area contributed by atoms with Gasteiger partial charge in [-0.15, -0.1) is 0 Å². The highest BCUT2D eigenvalue weighted by Gasteiger charge is 2.68. The molecule has 3 aromatic rings. The number of nitrogens with zero attached hydrogens (tertiary/aromatic N) is 2. The molecule has 2 atom stereocenters. The molecule has 3 aromatic carbocycles. The normalized spacial score (nSPS) is 26.7. The standard InChI is InChI=1S/C26H20N2O5/c1-14-10-11-15(12-20(14)28(32)33)27-24(30)22-21-16-6-2-4-8-18(16)26(13-29,23(22)25(27)31)19-9-5-3-7-17(19)21/h2-12,21-23,29H,13H2,1H3/t21?,22-,23-,26?/m1/s1. The fraction of sp³-hybridized carbons (Fsp3) is 0.231. The van der Waals surface area contributed by atoms with Crippen LogP contribution in [0.4, 0.5) is 11.4 Å². The Bertz CT molecular complexity index is 1330. The predicted octanol–water partition coefficient (Wildman–Crippen LogP) is 3.45. The first-order chi connectivity index (χ1) is 15.9. The molecule has 1 aliphatic heterocycles. The number of benzene rings is 3. The van der Waals surface area contributed by atoms with E-state index >= 15 is 0 Å². The number of rotatable bonds is 3. The summed E-state index contributed by atoms with van der Waals surface area (Å²) in [5.74, 6) is -2.60. The second kappa shape index (κ2) is 6.59. The van der Waals surface area contributed by atoms with Crippen LogP contribution in [0.15, 0.2) is 66.7 Å². The Labute approximate surface area is 189 Å². The van der Waals surface area contributed by atoms with Gasteiger partial charge in [-0.2, -0.15) is 0 Å². The molecule has 7 heteroatoms. The molecule has 1 heterocycles. The zero-order chi connectivity index (χ0) is 23.1. The summed E-state index contributed by atoms with van der Waals surface area (Å²) in [7, 11) is 0. The van der Waals surface area contributed by atoms with Crippen molar-refractivity contribution >= 4 is 23.2 Å². The number of nitro benzene ring substituents is 1. The number of aryl methyl sites for hydroxylation is 1. The number of hydrogen-bond donors (Lipinski definition) is 1. The van der Waals surface area contributed by atoms with Gasteiger partial charge in [0.2, 0.25) is 11.8 Å². The summed E-state index contributed by atoms with van der Waals surface area (Å²) < 4.78 is 0. The highest BCUT2D eigenvalue weighted by molar-refractivity contribution is 6.24. The Morgan fingerprint density at radius 2 is 1.58 bits per heavy atom. The topological polar surface area (TPSA) is 101 Å². The molecule has 0 aromatic heterocycles. The van der Waals surface area contributed by atoms with Crippen LogP contribution in [0.5, 0.6) is 0 Å². The molecule has 0 spiro atoms. The molecule has 7 rings (SSSR count). The molecule has 3 aliphatic carbocycles. The van der Waals surface area contributed by atoms with Gasteiger partial charge in [0.25, 0.3) is 5.69 Å². The predicted molar refractivity (Wildman–Crippen MR) is 120 cm³/mol. The van der Waals surface area contributed by atoms with Gasteiger partial charge >= 0.3 is 0 Å². The summed E-state index contributed by atoms with van der Waals surface area (Å²) in [6.45, 7) is 1.29. The molecular weight excluding hydrogens is 420 g/mol. The summed E-state index contributed by atoms with van der Waals surface area (Å²) in [4.78, 5) is 39.8. The minimum Gasteiger partial charge on any atom is -0.395 e. The monoisotopic (exact) mass is 440 g/mol. The first-order valence-corrected chi connectivity index (χ1v) is 10.8. The van der Waals surface area contributed by atoms with E-state index in [0.717, 1.165) is 27.2 Å². The minimum atomic E-state index is -1.05. The van der Waals surface area contributed by atoms with Gasteiger partial charge in [0, 0.05) is 17.5 Å². The lowest BCUT2D eigenvalue weighted by Gasteiger charge is -2.53. The fourth-order valence-electron chi connectivity index (χ4n) is 6.39. The molecular formula is C26H20N2O5. The number of amides is 2. The number of anilines is 1. The van der Waals surface area contributed by atoms with Gasteiger partial charge in [0.1, 0.15) is 0 Å². The lowest BCUT2D eigenvalue weighted by atomic mass is 9.47. The van der Waals surface area contributed by atoms with Crippen molar-refractivity contribution in [1.29, 1.82) is 0 Å². The average molecular weight is 440 g/mol. The summed E-state index contributed by atoms with van der Waals surface area (Å²) in [5, 5.41) is 22.3. The van der Waals surface area contributed by atoms with Crippen molar-refractivity contribution in [3.8, 4) is 0 Å². The first-order valence-electron chi connectivity index (χ1n) is 10.8. The van der Waals surface area contributed by atoms with Crippen molar-refractivity contribution < 1.29 is 19.6 Å². The number of carbonyl (C=O) groups is 2. The maximum Gasteiger partial charge on any atom is 0.274 e. The lowest BCUT2D eigenvalue weighted by Crippen LogP contribution is -2.55. The summed E-state index contributed by atoms with van der Waals surface area (Å²) in [6, 6.07) is 19.8. The van der Waals surface area contributed by atoms with E-state index in [1.165, 1.54) is 6.07 Å². The Morgan fingerprint density at radius 3 is 2.15 bits per heavy atom. The van der Waals surface area contributed by atoms with E-state index in [0.29, 0.717) is 5.56 Å². The molecule has 1 saturated heterocycles. The largest absolute Gasteiger partial charge is 0.395 e. The highest BCUT2D eigenvalue weighted by Crippen LogP contribution is 2.64. The second-order valence-corrected chi connectivity index (χ2v) is 9.02. The molecule has 2 bridgehead atoms. The number of aliphatic hydroxyl groups is 1. The average Bonchev–Trinajstić information content (AvgIpc) is 3.10. The number of nitro groups is 1. The van der Waals surface area contributed by atoms with Crippen molar-refractivity contribution in [3.63, 3.8) is 0 Å². The number of carbonyl (C=O) groups excluding carboxylic acids is 2. The van der Waals surface area contributed by atoms with Crippen molar-refractivity contribution in [2.45, 2.75) is 18.3 Å². The maximum absolute atomic E-state index is 13.9. The Balaban J connectivity index is 1.60. The minimum absolute atomic E-state index is 0.144. The summed E-state index contributed by atoms with van der Waals surface area (Å²) in [6.07, 6.45) is 0. The summed E-state index contributed by atoms with van der Waals surface area (Å²) >= 11 is 0. The van der Waals surface area contributed by atoms with Gasteiger partial charge in [0.05, 0.1) is 34.5 Å². The van der Waals surface area contributed by atoms with Crippen molar-refractivity contribution in [2.75, 3.05) is 11.5 Å². The van der Waals surface area contributed by atoms with E-state index in [4.69, 9.17) is 0 Å². The Morgan fingerprint density at radius 1 is 0.970 bits per heavy atom. The third kappa shape index (κ3) is 2.27. The van der Waals surface area contributed by atoms with Crippen LogP contribution in [0, 0.1) is 28.9 Å². The molecule has 1 N–H and O–H groups in total. The third-order valence-corrected chi connectivity index (χ3v) is 7.69. The Hall–Kier alpha value is -3.84. The molecule has 0 unspecified atom stereocenters. The van der Waals surface area contributed by atoms with E-state index in [2.05, 4.69) is 0 Å². The maximum atomic E-state index is 13.9. The third-order valence-electron chi connectivity index (χ3n) is 7.69. The van der Waals surface area contributed by atoms with Crippen molar-refractivity contribution in [2.24, 2.45) is 11.8 Å². The fourth-order valence-corrected chi connectivity index (χ4v) is 6.39. The van der Waals surface area contributed by atoms with Crippen LogP contribution in [-0.4, -0.2) is 28.5 Å². The van der Waals surface area contributed by atoms with E-state index in [9.17, 15) is 24.8 Å². The van der Waals surface area contributed by atoms with Gasteiger partial charge in [-0.1, -0.05) is 54.6 Å². The smallest absolute Gasteiger partial charge is 0.274 e. The van der Waals surface area contributed by atoms with E-state index in [-0.39, 0.29) is 29.8 Å². The van der Waals surface area contributed by atoms with Gasteiger partial charge in [-0.3, -0.25) is 19.7 Å². The van der Waals surface area contributed by atoms with E-state index < -0.39 is 28.1 Å². The van der Waals surface area contributed by atoms with Crippen LogP contribution < -0.4 is 4.90 Å². The zero-order valence-corrected chi connectivity index (χ0v) is 17.8. The van der Waals surface area contributed by atoms with Gasteiger partial charge in [-0.05, 0) is 35.2 Å². The number of hydrogen-bond acceptors (Lipinski definition) is 5. The van der Waals surface area contributed by atoms with Crippen LogP contribution in [0.25, 0.3) is 0 Å². The molecule has 1 fully saturated rings. The SMILES string of the molecule is Cc1ccc(N2C(=O)[C@@H]3C4c5ccccc5C(CO)(c5ccccc54)[C@H]3C2=O)cc1[N+](=O)[O-]. The van der Waals surface area contributed by atoms with Crippen LogP contribution in [0.1, 0.15) is 33.7 Å². The lowest BCUT2D eigenvalue weighted by molar-refractivity contribution is -0.385. The molecule has 164 valence electrons. The second-order valence-electron chi connectivity index (χ2n) is 9.02. The van der Waals surface area contributed by atoms with E-state index in [1.54, 1.807) is 19.1 Å². The molecule has 0 radical (unpaired) electrons. The first kappa shape index (κ1) is 19.8. The highest BCUT2D eigenvalue weighted by atomic mass is 16.6. The number of aliphatic hydroxyl groups excluding tert-OH is 1. The zero-order valence-electron chi connectivity index (χ0n) is 17.8. The molecule has 33 heavy (non-hydrogen) atoms. The molecule has 2 amide bonds. The molecule has 7 nitrogen and oxygen atoms in total. The van der Waals surface area contributed by atoms with E-state index in [1.807, 2.05) is 48.5 Å². The molecule has 0 saturated carbocycles. The van der Waals surface area contributed by atoms with Gasteiger partial charge in [0.15, 0.2) is 0 Å². The van der Waals surface area contributed by atoms with Crippen LogP contribution >= 0.6 is 0 Å². The van der Waals surface area contributed by atoms with Crippen molar-refractivity contribution in [1.82, 2.24) is 0 Å².